The van der Waals surface area contributed by atoms with Gasteiger partial charge < -0.3 is 15.3 Å². The largest absolute Gasteiger partial charge is 0.480 e. The van der Waals surface area contributed by atoms with Crippen LogP contribution >= 0.6 is 0 Å². The van der Waals surface area contributed by atoms with Gasteiger partial charge >= 0.3 is 5.97 Å². The summed E-state index contributed by atoms with van der Waals surface area (Å²) in [7, 11) is 3.93. The lowest BCUT2D eigenvalue weighted by molar-refractivity contribution is -0.137. The first-order chi connectivity index (χ1) is 7.41. The molecule has 0 fully saturated rings. The average molecular weight is 222 g/mol. The number of hydrogen-bond acceptors (Lipinski definition) is 3. The molecule has 0 amide bonds. The molecule has 2 N–H and O–H groups in total. The zero-order valence-electron chi connectivity index (χ0n) is 10.1. The lowest BCUT2D eigenvalue weighted by atomic mass is 10.1. The van der Waals surface area contributed by atoms with Gasteiger partial charge in [-0.25, -0.2) is 0 Å². The molecule has 88 valence electrons. The predicted molar refractivity (Wildman–Crippen MR) is 66.2 cm³/mol. The maximum absolute atomic E-state index is 10.7. The van der Waals surface area contributed by atoms with Crippen molar-refractivity contribution >= 4 is 17.3 Å². The van der Waals surface area contributed by atoms with Crippen LogP contribution < -0.4 is 10.2 Å². The van der Waals surface area contributed by atoms with Crippen molar-refractivity contribution in [3.8, 4) is 0 Å². The Morgan fingerprint density at radius 3 is 2.56 bits per heavy atom. The number of carboxylic acids is 1. The van der Waals surface area contributed by atoms with E-state index in [2.05, 4.69) is 5.32 Å². The third kappa shape index (κ3) is 2.89. The maximum Gasteiger partial charge on any atom is 0.325 e. The van der Waals surface area contributed by atoms with Crippen LogP contribution in [0.5, 0.6) is 0 Å². The quantitative estimate of drug-likeness (QED) is 0.817. The van der Waals surface area contributed by atoms with Crippen molar-refractivity contribution in [1.29, 1.82) is 0 Å². The van der Waals surface area contributed by atoms with Crippen LogP contribution in [-0.4, -0.2) is 31.2 Å². The van der Waals surface area contributed by atoms with Gasteiger partial charge in [-0.1, -0.05) is 6.07 Å². The van der Waals surface area contributed by atoms with E-state index in [1.165, 1.54) is 5.56 Å². The number of carboxylic acid groups (broad SMARTS) is 1. The molecule has 4 nitrogen and oxygen atoms in total. The Labute approximate surface area is 95.9 Å². The first kappa shape index (κ1) is 12.4. The number of benzene rings is 1. The molecule has 1 rings (SSSR count). The average Bonchev–Trinajstić information content (AvgIpc) is 2.20. The minimum Gasteiger partial charge on any atom is -0.480 e. The number of aryl methyl sites for hydroxylation is 1. The second kappa shape index (κ2) is 4.88. The van der Waals surface area contributed by atoms with Gasteiger partial charge in [0.1, 0.15) is 6.04 Å². The molecule has 16 heavy (non-hydrogen) atoms. The number of carbonyl (C=O) groups is 1. The molecular weight excluding hydrogens is 204 g/mol. The summed E-state index contributed by atoms with van der Waals surface area (Å²) < 4.78 is 0. The molecule has 1 aromatic rings. The van der Waals surface area contributed by atoms with Crippen LogP contribution in [0, 0.1) is 6.92 Å². The molecule has 0 saturated heterocycles. The lowest BCUT2D eigenvalue weighted by Gasteiger charge is -2.18. The fourth-order valence-electron chi connectivity index (χ4n) is 1.49. The van der Waals surface area contributed by atoms with Crippen LogP contribution in [0.1, 0.15) is 12.5 Å². The summed E-state index contributed by atoms with van der Waals surface area (Å²) in [4.78, 5) is 12.7. The highest BCUT2D eigenvalue weighted by molar-refractivity contribution is 5.77. The van der Waals surface area contributed by atoms with Gasteiger partial charge in [-0.3, -0.25) is 4.79 Å². The number of rotatable bonds is 4. The smallest absolute Gasteiger partial charge is 0.325 e. The number of nitrogens with zero attached hydrogens (tertiary/aromatic N) is 1. The first-order valence-corrected chi connectivity index (χ1v) is 5.19. The molecule has 0 aromatic heterocycles. The van der Waals surface area contributed by atoms with E-state index in [-0.39, 0.29) is 0 Å². The van der Waals surface area contributed by atoms with Gasteiger partial charge in [0.15, 0.2) is 0 Å². The Kier molecular flexibility index (Phi) is 3.77. The van der Waals surface area contributed by atoms with Crippen LogP contribution in [0.2, 0.25) is 0 Å². The van der Waals surface area contributed by atoms with Gasteiger partial charge in [0.25, 0.3) is 0 Å². The predicted octanol–water partition coefficient (Wildman–Crippen LogP) is 1.95. The van der Waals surface area contributed by atoms with Gasteiger partial charge in [-0.15, -0.1) is 0 Å². The Morgan fingerprint density at radius 1 is 1.44 bits per heavy atom. The molecule has 4 heteroatoms. The Hall–Kier alpha value is -1.71. The molecule has 0 aliphatic rings. The minimum atomic E-state index is -0.855. The molecular formula is C12H18N2O2. The number of nitrogens with one attached hydrogen (secondary N) is 1. The summed E-state index contributed by atoms with van der Waals surface area (Å²) in [6, 6.07) is 5.24. The van der Waals surface area contributed by atoms with Crippen LogP contribution in [0.25, 0.3) is 0 Å². The van der Waals surface area contributed by atoms with E-state index in [0.29, 0.717) is 0 Å². The van der Waals surface area contributed by atoms with E-state index in [9.17, 15) is 4.79 Å². The van der Waals surface area contributed by atoms with Crippen LogP contribution in [-0.2, 0) is 4.79 Å². The van der Waals surface area contributed by atoms with E-state index in [4.69, 9.17) is 5.11 Å². The van der Waals surface area contributed by atoms with Crippen LogP contribution in [0.4, 0.5) is 11.4 Å². The number of hydrogen-bond donors (Lipinski definition) is 2. The molecule has 0 aliphatic carbocycles. The van der Waals surface area contributed by atoms with Gasteiger partial charge in [-0.2, -0.15) is 0 Å². The summed E-state index contributed by atoms with van der Waals surface area (Å²) in [5, 5.41) is 11.7. The maximum atomic E-state index is 10.7. The van der Waals surface area contributed by atoms with Crippen LogP contribution in [0.15, 0.2) is 18.2 Å². The second-order valence-corrected chi connectivity index (χ2v) is 4.10. The van der Waals surface area contributed by atoms with Gasteiger partial charge in [0.05, 0.1) is 0 Å². The monoisotopic (exact) mass is 222 g/mol. The fraction of sp³-hybridized carbons (Fsp3) is 0.417. The van der Waals surface area contributed by atoms with Crippen molar-refractivity contribution in [2.24, 2.45) is 0 Å². The molecule has 0 saturated carbocycles. The third-order valence-corrected chi connectivity index (χ3v) is 2.44. The second-order valence-electron chi connectivity index (χ2n) is 4.10. The number of aliphatic carboxylic acids is 1. The third-order valence-electron chi connectivity index (χ3n) is 2.44. The van der Waals surface area contributed by atoms with E-state index in [1.807, 2.05) is 44.1 Å². The lowest BCUT2D eigenvalue weighted by Crippen LogP contribution is -2.25. The Bertz CT molecular complexity index is 389. The van der Waals surface area contributed by atoms with Crippen molar-refractivity contribution in [2.45, 2.75) is 19.9 Å². The molecule has 1 unspecified atom stereocenters. The van der Waals surface area contributed by atoms with Gasteiger partial charge in [0.2, 0.25) is 0 Å². The number of anilines is 2. The SMILES string of the molecule is Cc1ccc(NC(C)C(=O)O)cc1N(C)C. The molecule has 0 bridgehead atoms. The van der Waals surface area contributed by atoms with E-state index >= 15 is 0 Å². The zero-order chi connectivity index (χ0) is 12.3. The van der Waals surface area contributed by atoms with Crippen molar-refractivity contribution in [3.63, 3.8) is 0 Å². The van der Waals surface area contributed by atoms with Crippen LogP contribution in [0.3, 0.4) is 0 Å². The Balaban J connectivity index is 2.91. The summed E-state index contributed by atoms with van der Waals surface area (Å²) in [6.07, 6.45) is 0. The summed E-state index contributed by atoms with van der Waals surface area (Å²) >= 11 is 0. The van der Waals surface area contributed by atoms with Gasteiger partial charge in [-0.05, 0) is 31.5 Å². The first-order valence-electron chi connectivity index (χ1n) is 5.19. The standard InChI is InChI=1S/C12H18N2O2/c1-8-5-6-10(7-11(8)14(3)4)13-9(2)12(15)16/h5-7,9,13H,1-4H3,(H,15,16). The molecule has 1 atom stereocenters. The van der Waals surface area contributed by atoms with Crippen molar-refractivity contribution in [2.75, 3.05) is 24.3 Å². The molecule has 0 spiro atoms. The summed E-state index contributed by atoms with van der Waals surface area (Å²) in [5.74, 6) is -0.855. The molecule has 0 radical (unpaired) electrons. The fourth-order valence-corrected chi connectivity index (χ4v) is 1.49. The topological polar surface area (TPSA) is 52.6 Å². The molecule has 1 aromatic carbocycles. The van der Waals surface area contributed by atoms with E-state index in [0.717, 1.165) is 11.4 Å². The highest BCUT2D eigenvalue weighted by atomic mass is 16.4. The zero-order valence-corrected chi connectivity index (χ0v) is 10.1. The van der Waals surface area contributed by atoms with Crippen molar-refractivity contribution in [1.82, 2.24) is 0 Å². The van der Waals surface area contributed by atoms with Crippen molar-refractivity contribution < 1.29 is 9.90 Å². The Morgan fingerprint density at radius 2 is 2.06 bits per heavy atom. The highest BCUT2D eigenvalue weighted by Crippen LogP contribution is 2.22. The van der Waals surface area contributed by atoms with Gasteiger partial charge in [0, 0.05) is 25.5 Å². The molecule has 0 aliphatic heterocycles. The van der Waals surface area contributed by atoms with Crippen molar-refractivity contribution in [3.05, 3.63) is 23.8 Å². The highest BCUT2D eigenvalue weighted by Gasteiger charge is 2.11. The summed E-state index contributed by atoms with van der Waals surface area (Å²) in [6.45, 7) is 3.65. The van der Waals surface area contributed by atoms with E-state index in [1.54, 1.807) is 6.92 Å². The summed E-state index contributed by atoms with van der Waals surface area (Å²) in [5.41, 5.74) is 3.07. The van der Waals surface area contributed by atoms with E-state index < -0.39 is 12.0 Å². The molecule has 0 heterocycles. The normalized spacial score (nSPS) is 12.0. The minimum absolute atomic E-state index is 0.585.